The van der Waals surface area contributed by atoms with Gasteiger partial charge in [0, 0.05) is 32.6 Å². The molecule has 1 fully saturated rings. The lowest BCUT2D eigenvalue weighted by Crippen LogP contribution is -2.40. The fraction of sp³-hybridized carbons (Fsp3) is 0.875. The maximum absolute atomic E-state index is 11.7. The van der Waals surface area contributed by atoms with Crippen molar-refractivity contribution in [3.8, 4) is 0 Å². The first-order valence-corrected chi connectivity index (χ1v) is 8.21. The molecule has 1 aliphatic carbocycles. The number of carbonyl (C=O) groups is 2. The van der Waals surface area contributed by atoms with Crippen molar-refractivity contribution in [1.82, 2.24) is 16.0 Å². The van der Waals surface area contributed by atoms with Gasteiger partial charge < -0.3 is 20.7 Å². The molecule has 0 bridgehead atoms. The van der Waals surface area contributed by atoms with Gasteiger partial charge in [0.25, 0.3) is 0 Å². The summed E-state index contributed by atoms with van der Waals surface area (Å²) in [4.78, 5) is 22.9. The zero-order chi connectivity index (χ0) is 16.6. The van der Waals surface area contributed by atoms with Crippen LogP contribution in [0.2, 0.25) is 0 Å². The van der Waals surface area contributed by atoms with E-state index in [0.29, 0.717) is 31.5 Å². The normalized spacial score (nSPS) is 21.0. The molecule has 1 aliphatic rings. The lowest BCUT2D eigenvalue weighted by Gasteiger charge is -2.30. The Morgan fingerprint density at radius 1 is 1.22 bits per heavy atom. The Bertz CT molecular complexity index is 372. The van der Waals surface area contributed by atoms with Gasteiger partial charge in [-0.05, 0) is 46.0 Å². The van der Waals surface area contributed by atoms with Crippen LogP contribution in [0, 0.1) is 5.92 Å². The van der Waals surface area contributed by atoms with Crippen molar-refractivity contribution in [2.45, 2.75) is 64.5 Å². The first-order chi connectivity index (χ1) is 10.3. The second-order valence-electron chi connectivity index (χ2n) is 6.99. The van der Waals surface area contributed by atoms with Crippen molar-refractivity contribution in [1.29, 1.82) is 0 Å². The SMILES string of the molecule is CNC(=O)CCNC1CCCC(CNC(=O)OC(C)(C)C)C1.Cl. The van der Waals surface area contributed by atoms with Crippen LogP contribution in [0.25, 0.3) is 0 Å². The van der Waals surface area contributed by atoms with E-state index >= 15 is 0 Å². The maximum atomic E-state index is 11.7. The number of halogens is 1. The van der Waals surface area contributed by atoms with E-state index in [1.54, 1.807) is 7.05 Å². The van der Waals surface area contributed by atoms with Crippen LogP contribution in [-0.2, 0) is 9.53 Å². The van der Waals surface area contributed by atoms with Crippen LogP contribution in [0.4, 0.5) is 4.79 Å². The number of rotatable bonds is 6. The minimum absolute atomic E-state index is 0. The van der Waals surface area contributed by atoms with Gasteiger partial charge in [0.15, 0.2) is 0 Å². The summed E-state index contributed by atoms with van der Waals surface area (Å²) in [6.07, 6.45) is 4.61. The van der Waals surface area contributed by atoms with Crippen molar-refractivity contribution in [3.63, 3.8) is 0 Å². The van der Waals surface area contributed by atoms with Crippen LogP contribution in [0.15, 0.2) is 0 Å². The van der Waals surface area contributed by atoms with E-state index in [0.717, 1.165) is 25.7 Å². The van der Waals surface area contributed by atoms with Gasteiger partial charge in [-0.2, -0.15) is 0 Å². The molecule has 1 saturated carbocycles. The predicted molar refractivity (Wildman–Crippen MR) is 93.9 cm³/mol. The van der Waals surface area contributed by atoms with Crippen molar-refractivity contribution in [2.75, 3.05) is 20.1 Å². The third-order valence-electron chi connectivity index (χ3n) is 3.78. The molecule has 0 aromatic heterocycles. The lowest BCUT2D eigenvalue weighted by molar-refractivity contribution is -0.120. The van der Waals surface area contributed by atoms with Gasteiger partial charge in [0.05, 0.1) is 0 Å². The number of amides is 2. The second kappa shape index (κ2) is 10.7. The summed E-state index contributed by atoms with van der Waals surface area (Å²) < 4.78 is 5.25. The fourth-order valence-electron chi connectivity index (χ4n) is 2.72. The molecular weight excluding hydrogens is 318 g/mol. The molecule has 7 heteroatoms. The fourth-order valence-corrected chi connectivity index (χ4v) is 2.72. The Kier molecular flexibility index (Phi) is 10.2. The Labute approximate surface area is 145 Å². The van der Waals surface area contributed by atoms with Crippen molar-refractivity contribution >= 4 is 24.4 Å². The van der Waals surface area contributed by atoms with E-state index in [4.69, 9.17) is 4.74 Å². The Morgan fingerprint density at radius 2 is 1.91 bits per heavy atom. The van der Waals surface area contributed by atoms with Gasteiger partial charge in [-0.15, -0.1) is 12.4 Å². The molecule has 3 N–H and O–H groups in total. The van der Waals surface area contributed by atoms with E-state index in [2.05, 4.69) is 16.0 Å². The summed E-state index contributed by atoms with van der Waals surface area (Å²) in [6, 6.07) is 0.434. The third-order valence-corrected chi connectivity index (χ3v) is 3.78. The molecule has 0 aromatic carbocycles. The van der Waals surface area contributed by atoms with Gasteiger partial charge in [0.2, 0.25) is 5.91 Å². The van der Waals surface area contributed by atoms with E-state index in [1.165, 1.54) is 0 Å². The average Bonchev–Trinajstić information content (AvgIpc) is 2.43. The summed E-state index contributed by atoms with van der Waals surface area (Å²) in [5, 5.41) is 8.92. The highest BCUT2D eigenvalue weighted by Crippen LogP contribution is 2.23. The summed E-state index contributed by atoms with van der Waals surface area (Å²) in [5.74, 6) is 0.533. The molecule has 0 saturated heterocycles. The highest BCUT2D eigenvalue weighted by molar-refractivity contribution is 5.85. The minimum atomic E-state index is -0.458. The molecule has 1 rings (SSSR count). The molecule has 0 spiro atoms. The quantitative estimate of drug-likeness (QED) is 0.687. The average molecular weight is 350 g/mol. The van der Waals surface area contributed by atoms with Crippen LogP contribution in [0.1, 0.15) is 52.9 Å². The Morgan fingerprint density at radius 3 is 2.52 bits per heavy atom. The van der Waals surface area contributed by atoms with Crippen molar-refractivity contribution in [2.24, 2.45) is 5.92 Å². The molecule has 2 unspecified atom stereocenters. The highest BCUT2D eigenvalue weighted by Gasteiger charge is 2.23. The largest absolute Gasteiger partial charge is 0.444 e. The highest BCUT2D eigenvalue weighted by atomic mass is 35.5. The van der Waals surface area contributed by atoms with Crippen LogP contribution < -0.4 is 16.0 Å². The predicted octanol–water partition coefficient (Wildman–Crippen LogP) is 2.22. The van der Waals surface area contributed by atoms with Crippen LogP contribution >= 0.6 is 12.4 Å². The van der Waals surface area contributed by atoms with Gasteiger partial charge >= 0.3 is 6.09 Å². The monoisotopic (exact) mass is 349 g/mol. The first-order valence-electron chi connectivity index (χ1n) is 8.21. The minimum Gasteiger partial charge on any atom is -0.444 e. The van der Waals surface area contributed by atoms with Gasteiger partial charge in [-0.25, -0.2) is 4.79 Å². The zero-order valence-electron chi connectivity index (χ0n) is 14.7. The second-order valence-corrected chi connectivity index (χ2v) is 6.99. The van der Waals surface area contributed by atoms with E-state index < -0.39 is 5.60 Å². The maximum Gasteiger partial charge on any atom is 0.407 e. The van der Waals surface area contributed by atoms with Gasteiger partial charge in [-0.3, -0.25) is 4.79 Å². The van der Waals surface area contributed by atoms with Crippen LogP contribution in [-0.4, -0.2) is 43.8 Å². The van der Waals surface area contributed by atoms with E-state index in [9.17, 15) is 9.59 Å². The first kappa shape index (κ1) is 22.0. The number of ether oxygens (including phenoxy) is 1. The number of carbonyl (C=O) groups excluding carboxylic acids is 2. The summed E-state index contributed by atoms with van der Waals surface area (Å²) in [6.45, 7) is 6.94. The van der Waals surface area contributed by atoms with E-state index in [1.807, 2.05) is 20.8 Å². The number of hydrogen-bond donors (Lipinski definition) is 3. The molecule has 2 amide bonds. The smallest absolute Gasteiger partial charge is 0.407 e. The third kappa shape index (κ3) is 10.4. The molecule has 6 nitrogen and oxygen atoms in total. The standard InChI is InChI=1S/C16H31N3O3.ClH/c1-16(2,3)22-15(21)19-11-12-6-5-7-13(10-12)18-9-8-14(20)17-4;/h12-13,18H,5-11H2,1-4H3,(H,17,20)(H,19,21);1H. The Balaban J connectivity index is 0.00000484. The number of nitrogens with one attached hydrogen (secondary N) is 3. The molecule has 136 valence electrons. The molecule has 0 radical (unpaired) electrons. The van der Waals surface area contributed by atoms with Crippen LogP contribution in [0.5, 0.6) is 0 Å². The Hall–Kier alpha value is -1.01. The topological polar surface area (TPSA) is 79.5 Å². The molecule has 23 heavy (non-hydrogen) atoms. The molecule has 0 heterocycles. The van der Waals surface area contributed by atoms with Crippen molar-refractivity contribution < 1.29 is 14.3 Å². The summed E-state index contributed by atoms with van der Waals surface area (Å²) in [5.41, 5.74) is -0.458. The van der Waals surface area contributed by atoms with Crippen LogP contribution in [0.3, 0.4) is 0 Å². The number of alkyl carbamates (subject to hydrolysis) is 1. The zero-order valence-corrected chi connectivity index (χ0v) is 15.6. The van der Waals surface area contributed by atoms with Gasteiger partial charge in [-0.1, -0.05) is 6.42 Å². The molecule has 0 aliphatic heterocycles. The molecular formula is C16H32ClN3O3. The molecule has 2 atom stereocenters. The van der Waals surface area contributed by atoms with Crippen molar-refractivity contribution in [3.05, 3.63) is 0 Å². The summed E-state index contributed by atoms with van der Waals surface area (Å²) >= 11 is 0. The van der Waals surface area contributed by atoms with E-state index in [-0.39, 0.29) is 24.4 Å². The van der Waals surface area contributed by atoms with Gasteiger partial charge in [0.1, 0.15) is 5.60 Å². The number of hydrogen-bond acceptors (Lipinski definition) is 4. The molecule has 0 aromatic rings. The lowest BCUT2D eigenvalue weighted by atomic mass is 9.85. The summed E-state index contributed by atoms with van der Waals surface area (Å²) in [7, 11) is 1.65.